The summed E-state index contributed by atoms with van der Waals surface area (Å²) >= 11 is 0. The molecule has 0 bridgehead atoms. The second-order valence-electron chi connectivity index (χ2n) is 7.09. The summed E-state index contributed by atoms with van der Waals surface area (Å²) in [6, 6.07) is 10.8. The largest absolute Gasteiger partial charge is 0.340 e. The number of nitrogens with one attached hydrogen (secondary N) is 1. The first-order chi connectivity index (χ1) is 11.6. The van der Waals surface area contributed by atoms with Gasteiger partial charge in [0.15, 0.2) is 0 Å². The number of hydrogen-bond donors (Lipinski definition) is 1. The second-order valence-corrected chi connectivity index (χ2v) is 7.09. The SMILES string of the molecule is CC(C(=O)N1CCC(N2CCNCC2)C1)N(C)Cc1ccccc1. The number of nitrogens with zero attached hydrogens (tertiary/aromatic N) is 3. The molecule has 2 atom stereocenters. The highest BCUT2D eigenvalue weighted by molar-refractivity contribution is 5.81. The van der Waals surface area contributed by atoms with Crippen molar-refractivity contribution in [2.45, 2.75) is 32.0 Å². The van der Waals surface area contributed by atoms with Gasteiger partial charge in [-0.05, 0) is 26.0 Å². The lowest BCUT2D eigenvalue weighted by atomic mass is 10.2. The molecule has 0 aromatic heterocycles. The lowest BCUT2D eigenvalue weighted by Gasteiger charge is -2.33. The minimum absolute atomic E-state index is 0.0769. The van der Waals surface area contributed by atoms with Gasteiger partial charge in [-0.1, -0.05) is 30.3 Å². The normalized spacial score (nSPS) is 23.6. The monoisotopic (exact) mass is 330 g/mol. The summed E-state index contributed by atoms with van der Waals surface area (Å²) in [7, 11) is 2.04. The summed E-state index contributed by atoms with van der Waals surface area (Å²) in [5.74, 6) is 0.270. The van der Waals surface area contributed by atoms with Gasteiger partial charge in [-0.2, -0.15) is 0 Å². The van der Waals surface area contributed by atoms with Crippen LogP contribution in [0.3, 0.4) is 0 Å². The Labute approximate surface area is 145 Å². The molecule has 132 valence electrons. The zero-order chi connectivity index (χ0) is 16.9. The van der Waals surface area contributed by atoms with E-state index in [0.29, 0.717) is 6.04 Å². The first-order valence-corrected chi connectivity index (χ1v) is 9.13. The zero-order valence-corrected chi connectivity index (χ0v) is 14.9. The van der Waals surface area contributed by atoms with E-state index >= 15 is 0 Å². The Morgan fingerprint density at radius 1 is 1.25 bits per heavy atom. The molecule has 0 aliphatic carbocycles. The molecule has 2 unspecified atom stereocenters. The standard InChI is InChI=1S/C19H30N4O/c1-16(21(2)14-17-6-4-3-5-7-17)19(24)23-11-8-18(15-23)22-12-9-20-10-13-22/h3-7,16,18,20H,8-15H2,1-2H3. The number of rotatable bonds is 5. The average Bonchev–Trinajstić information content (AvgIpc) is 3.12. The van der Waals surface area contributed by atoms with Gasteiger partial charge in [0.25, 0.3) is 0 Å². The van der Waals surface area contributed by atoms with E-state index in [-0.39, 0.29) is 11.9 Å². The molecule has 1 aromatic rings. The van der Waals surface area contributed by atoms with Gasteiger partial charge >= 0.3 is 0 Å². The van der Waals surface area contributed by atoms with Crippen LogP contribution in [0.4, 0.5) is 0 Å². The lowest BCUT2D eigenvalue weighted by molar-refractivity contribution is -0.135. The van der Waals surface area contributed by atoms with Gasteiger partial charge in [0.05, 0.1) is 6.04 Å². The Balaban J connectivity index is 1.52. The third-order valence-electron chi connectivity index (χ3n) is 5.44. The number of carbonyl (C=O) groups excluding carboxylic acids is 1. The molecule has 2 saturated heterocycles. The van der Waals surface area contributed by atoms with Crippen LogP contribution in [0.15, 0.2) is 30.3 Å². The highest BCUT2D eigenvalue weighted by Gasteiger charge is 2.33. The van der Waals surface area contributed by atoms with Crippen LogP contribution in [0.25, 0.3) is 0 Å². The van der Waals surface area contributed by atoms with Crippen LogP contribution < -0.4 is 5.32 Å². The predicted octanol–water partition coefficient (Wildman–Crippen LogP) is 1.01. The van der Waals surface area contributed by atoms with E-state index in [4.69, 9.17) is 0 Å². The van der Waals surface area contributed by atoms with Gasteiger partial charge in [-0.3, -0.25) is 14.6 Å². The number of piperazine rings is 1. The fourth-order valence-corrected chi connectivity index (χ4v) is 3.75. The van der Waals surface area contributed by atoms with Crippen LogP contribution in [-0.4, -0.2) is 79.0 Å². The molecule has 24 heavy (non-hydrogen) atoms. The van der Waals surface area contributed by atoms with Crippen molar-refractivity contribution < 1.29 is 4.79 Å². The number of carbonyl (C=O) groups is 1. The molecule has 1 aromatic carbocycles. The Hall–Kier alpha value is -1.43. The van der Waals surface area contributed by atoms with Crippen molar-refractivity contribution in [2.24, 2.45) is 0 Å². The van der Waals surface area contributed by atoms with E-state index in [9.17, 15) is 4.79 Å². The highest BCUT2D eigenvalue weighted by atomic mass is 16.2. The maximum Gasteiger partial charge on any atom is 0.239 e. The summed E-state index contributed by atoms with van der Waals surface area (Å²) in [5, 5.41) is 3.40. The molecular weight excluding hydrogens is 300 g/mol. The fourth-order valence-electron chi connectivity index (χ4n) is 3.75. The van der Waals surface area contributed by atoms with Crippen LogP contribution in [0.5, 0.6) is 0 Å². The van der Waals surface area contributed by atoms with Gasteiger partial charge < -0.3 is 10.2 Å². The molecule has 2 aliphatic heterocycles. The Kier molecular flexibility index (Phi) is 5.87. The van der Waals surface area contributed by atoms with Crippen molar-refractivity contribution in [3.05, 3.63) is 35.9 Å². The Bertz CT molecular complexity index is 529. The maximum atomic E-state index is 12.9. The van der Waals surface area contributed by atoms with Crippen molar-refractivity contribution >= 4 is 5.91 Å². The minimum Gasteiger partial charge on any atom is -0.340 e. The van der Waals surface area contributed by atoms with Crippen LogP contribution in [0, 0.1) is 0 Å². The number of benzene rings is 1. The van der Waals surface area contributed by atoms with Gasteiger partial charge in [-0.25, -0.2) is 0 Å². The number of hydrogen-bond acceptors (Lipinski definition) is 4. The predicted molar refractivity (Wildman–Crippen MR) is 96.8 cm³/mol. The van der Waals surface area contributed by atoms with Crippen LogP contribution >= 0.6 is 0 Å². The van der Waals surface area contributed by atoms with Gasteiger partial charge in [0.1, 0.15) is 0 Å². The summed E-state index contributed by atoms with van der Waals surface area (Å²) in [5.41, 5.74) is 1.25. The van der Waals surface area contributed by atoms with Crippen molar-refractivity contribution in [3.63, 3.8) is 0 Å². The molecule has 2 fully saturated rings. The van der Waals surface area contributed by atoms with Crippen molar-refractivity contribution in [2.75, 3.05) is 46.3 Å². The molecule has 1 amide bonds. The first kappa shape index (κ1) is 17.4. The first-order valence-electron chi connectivity index (χ1n) is 9.13. The van der Waals surface area contributed by atoms with E-state index in [1.165, 1.54) is 5.56 Å². The molecule has 5 heteroatoms. The van der Waals surface area contributed by atoms with Gasteiger partial charge in [0, 0.05) is 51.9 Å². The lowest BCUT2D eigenvalue weighted by Crippen LogP contribution is -2.50. The summed E-state index contributed by atoms with van der Waals surface area (Å²) in [4.78, 5) is 19.6. The average molecular weight is 330 g/mol. The molecule has 0 spiro atoms. The van der Waals surface area contributed by atoms with Gasteiger partial charge in [-0.15, -0.1) is 0 Å². The second kappa shape index (κ2) is 8.10. The highest BCUT2D eigenvalue weighted by Crippen LogP contribution is 2.18. The Morgan fingerprint density at radius 2 is 1.96 bits per heavy atom. The maximum absolute atomic E-state index is 12.9. The molecule has 2 heterocycles. The van der Waals surface area contributed by atoms with E-state index in [2.05, 4.69) is 32.1 Å². The zero-order valence-electron chi connectivity index (χ0n) is 14.9. The van der Waals surface area contributed by atoms with Crippen LogP contribution in [0.2, 0.25) is 0 Å². The molecule has 0 saturated carbocycles. The van der Waals surface area contributed by atoms with E-state index in [1.807, 2.05) is 32.2 Å². The smallest absolute Gasteiger partial charge is 0.239 e. The number of likely N-dealkylation sites (tertiary alicyclic amines) is 1. The van der Waals surface area contributed by atoms with Crippen molar-refractivity contribution in [3.8, 4) is 0 Å². The van der Waals surface area contributed by atoms with E-state index in [1.54, 1.807) is 0 Å². The molecule has 5 nitrogen and oxygen atoms in total. The van der Waals surface area contributed by atoms with Crippen LogP contribution in [-0.2, 0) is 11.3 Å². The fraction of sp³-hybridized carbons (Fsp3) is 0.632. The molecule has 0 radical (unpaired) electrons. The molecule has 2 aliphatic rings. The molecular formula is C19H30N4O. The number of likely N-dealkylation sites (N-methyl/N-ethyl adjacent to an activating group) is 1. The third-order valence-corrected chi connectivity index (χ3v) is 5.44. The summed E-state index contributed by atoms with van der Waals surface area (Å²) in [6.45, 7) is 8.99. The summed E-state index contributed by atoms with van der Waals surface area (Å²) < 4.78 is 0. The molecule has 1 N–H and O–H groups in total. The number of amides is 1. The minimum atomic E-state index is -0.0769. The van der Waals surface area contributed by atoms with Gasteiger partial charge in [0.2, 0.25) is 5.91 Å². The van der Waals surface area contributed by atoms with Crippen LogP contribution in [0.1, 0.15) is 18.9 Å². The van der Waals surface area contributed by atoms with Crippen molar-refractivity contribution in [1.82, 2.24) is 20.0 Å². The summed E-state index contributed by atoms with van der Waals surface area (Å²) in [6.07, 6.45) is 1.11. The molecule has 3 rings (SSSR count). The van der Waals surface area contributed by atoms with E-state index in [0.717, 1.165) is 52.2 Å². The third kappa shape index (κ3) is 4.15. The van der Waals surface area contributed by atoms with Crippen molar-refractivity contribution in [1.29, 1.82) is 0 Å². The quantitative estimate of drug-likeness (QED) is 0.875. The Morgan fingerprint density at radius 3 is 2.67 bits per heavy atom. The van der Waals surface area contributed by atoms with E-state index < -0.39 is 0 Å². The topological polar surface area (TPSA) is 38.8 Å².